The fourth-order valence-electron chi connectivity index (χ4n) is 2.77. The molecule has 5 unspecified atom stereocenters. The number of esters is 3. The summed E-state index contributed by atoms with van der Waals surface area (Å²) in [6.07, 6.45) is -2.80. The maximum atomic E-state index is 11.6. The molecule has 0 bridgehead atoms. The lowest BCUT2D eigenvalue weighted by molar-refractivity contribution is -0.201. The number of thioether (sulfide) groups is 1. The Balaban J connectivity index is 2.33. The van der Waals surface area contributed by atoms with Crippen LogP contribution >= 0.6 is 35.0 Å². The molecule has 0 saturated carbocycles. The van der Waals surface area contributed by atoms with Crippen LogP contribution in [-0.2, 0) is 33.3 Å². The lowest BCUT2D eigenvalue weighted by atomic mass is 9.97. The zero-order valence-electron chi connectivity index (χ0n) is 15.9. The van der Waals surface area contributed by atoms with Crippen LogP contribution < -0.4 is 5.73 Å². The van der Waals surface area contributed by atoms with E-state index in [1.165, 1.54) is 32.5 Å². The fraction of sp³-hybridized carbons (Fsp3) is 0.500. The molecular weight excluding hydrogens is 445 g/mol. The first-order chi connectivity index (χ1) is 13.6. The largest absolute Gasteiger partial charge is 0.463 e. The lowest BCUT2D eigenvalue weighted by Crippen LogP contribution is -2.63. The van der Waals surface area contributed by atoms with Crippen LogP contribution in [0, 0.1) is 0 Å². The molecule has 8 nitrogen and oxygen atoms in total. The molecule has 0 spiro atoms. The van der Waals surface area contributed by atoms with Crippen molar-refractivity contribution in [2.24, 2.45) is 5.73 Å². The molecule has 1 aliphatic rings. The number of rotatable bonds is 6. The van der Waals surface area contributed by atoms with Gasteiger partial charge in [-0.3, -0.25) is 14.4 Å². The monoisotopic (exact) mass is 465 g/mol. The standard InChI is InChI=1S/C18H21Cl2NO7S/c1-8(22)25-7-14-16(26-9(2)23)15(21)17(27-10(3)24)18(28-14)29-13-5-11(19)4-12(20)6-13/h4-6,14-18H,7,21H2,1-3H3. The fourth-order valence-corrected chi connectivity index (χ4v) is 4.66. The molecule has 11 heteroatoms. The third-order valence-electron chi connectivity index (χ3n) is 3.85. The van der Waals surface area contributed by atoms with E-state index in [1.54, 1.807) is 18.2 Å². The minimum atomic E-state index is -0.990. The number of hydrogen-bond donors (Lipinski definition) is 1. The summed E-state index contributed by atoms with van der Waals surface area (Å²) in [6.45, 7) is 3.49. The first-order valence-corrected chi connectivity index (χ1v) is 10.2. The van der Waals surface area contributed by atoms with Crippen LogP contribution in [0.1, 0.15) is 20.8 Å². The highest BCUT2D eigenvalue weighted by Gasteiger charge is 2.48. The van der Waals surface area contributed by atoms with Gasteiger partial charge in [-0.1, -0.05) is 35.0 Å². The Morgan fingerprint density at radius 3 is 2.07 bits per heavy atom. The molecule has 1 aliphatic heterocycles. The van der Waals surface area contributed by atoms with Crippen LogP contribution in [0.3, 0.4) is 0 Å². The Kier molecular flexibility index (Phi) is 8.59. The van der Waals surface area contributed by atoms with Gasteiger partial charge in [-0.05, 0) is 18.2 Å². The van der Waals surface area contributed by atoms with Gasteiger partial charge in [0.2, 0.25) is 0 Å². The summed E-state index contributed by atoms with van der Waals surface area (Å²) < 4.78 is 21.6. The van der Waals surface area contributed by atoms with Gasteiger partial charge in [-0.25, -0.2) is 0 Å². The molecule has 0 amide bonds. The zero-order valence-corrected chi connectivity index (χ0v) is 18.3. The van der Waals surface area contributed by atoms with Gasteiger partial charge in [0.1, 0.15) is 24.3 Å². The number of carbonyl (C=O) groups excluding carboxylic acids is 3. The van der Waals surface area contributed by atoms with Crippen molar-refractivity contribution in [2.75, 3.05) is 6.61 Å². The van der Waals surface area contributed by atoms with Gasteiger partial charge < -0.3 is 24.7 Å². The molecule has 5 atom stereocenters. The summed E-state index contributed by atoms with van der Waals surface area (Å²) in [6, 6.07) is 3.97. The quantitative estimate of drug-likeness (QED) is 0.499. The van der Waals surface area contributed by atoms with Crippen molar-refractivity contribution in [1.29, 1.82) is 0 Å². The first-order valence-electron chi connectivity index (χ1n) is 8.58. The first kappa shape index (κ1) is 23.8. The van der Waals surface area contributed by atoms with Gasteiger partial charge >= 0.3 is 17.9 Å². The van der Waals surface area contributed by atoms with E-state index in [9.17, 15) is 14.4 Å². The highest BCUT2D eigenvalue weighted by Crippen LogP contribution is 2.37. The van der Waals surface area contributed by atoms with Crippen molar-refractivity contribution in [3.8, 4) is 0 Å². The van der Waals surface area contributed by atoms with Crippen molar-refractivity contribution in [3.05, 3.63) is 28.2 Å². The average molecular weight is 466 g/mol. The van der Waals surface area contributed by atoms with Crippen molar-refractivity contribution < 1.29 is 33.3 Å². The predicted molar refractivity (Wildman–Crippen MR) is 107 cm³/mol. The SMILES string of the molecule is CC(=O)OCC1OC(Sc2cc(Cl)cc(Cl)c2)C(OC(C)=O)C(N)C1OC(C)=O. The molecule has 1 aromatic carbocycles. The maximum absolute atomic E-state index is 11.6. The summed E-state index contributed by atoms with van der Waals surface area (Å²) in [5.74, 6) is -1.71. The maximum Gasteiger partial charge on any atom is 0.303 e. The summed E-state index contributed by atoms with van der Waals surface area (Å²) in [5, 5.41) is 0.830. The van der Waals surface area contributed by atoms with E-state index in [4.69, 9.17) is 47.9 Å². The molecule has 2 rings (SSSR count). The second-order valence-corrected chi connectivity index (χ2v) is 8.34. The van der Waals surface area contributed by atoms with E-state index in [1.807, 2.05) is 0 Å². The van der Waals surface area contributed by atoms with Crippen molar-refractivity contribution in [2.45, 2.75) is 55.5 Å². The van der Waals surface area contributed by atoms with Crippen LogP contribution in [0.4, 0.5) is 0 Å². The molecule has 0 radical (unpaired) electrons. The van der Waals surface area contributed by atoms with Crippen LogP contribution in [-0.4, -0.2) is 54.3 Å². The Labute approximate surface area is 182 Å². The summed E-state index contributed by atoms with van der Waals surface area (Å²) in [7, 11) is 0. The molecule has 1 aromatic rings. The van der Waals surface area contributed by atoms with Crippen LogP contribution in [0.15, 0.2) is 23.1 Å². The number of ether oxygens (including phenoxy) is 4. The van der Waals surface area contributed by atoms with E-state index >= 15 is 0 Å². The minimum absolute atomic E-state index is 0.193. The second-order valence-electron chi connectivity index (χ2n) is 6.29. The Bertz CT molecular complexity index is 756. The van der Waals surface area contributed by atoms with Gasteiger partial charge in [0, 0.05) is 35.7 Å². The lowest BCUT2D eigenvalue weighted by Gasteiger charge is -2.43. The molecule has 29 heavy (non-hydrogen) atoms. The Hall–Kier alpha value is -1.52. The van der Waals surface area contributed by atoms with E-state index in [2.05, 4.69) is 0 Å². The highest BCUT2D eigenvalue weighted by molar-refractivity contribution is 7.99. The Morgan fingerprint density at radius 2 is 1.55 bits per heavy atom. The molecule has 160 valence electrons. The van der Waals surface area contributed by atoms with Gasteiger partial charge in [0.05, 0.1) is 6.04 Å². The second kappa shape index (κ2) is 10.5. The summed E-state index contributed by atoms with van der Waals surface area (Å²) >= 11 is 13.3. The summed E-state index contributed by atoms with van der Waals surface area (Å²) in [5.41, 5.74) is 5.48. The predicted octanol–water partition coefficient (Wildman–Crippen LogP) is 2.56. The van der Waals surface area contributed by atoms with Crippen LogP contribution in [0.2, 0.25) is 10.0 Å². The number of nitrogens with two attached hydrogens (primary N) is 1. The minimum Gasteiger partial charge on any atom is -0.463 e. The molecule has 1 saturated heterocycles. The van der Waals surface area contributed by atoms with E-state index < -0.39 is 47.7 Å². The van der Waals surface area contributed by atoms with E-state index in [-0.39, 0.29) is 6.61 Å². The molecule has 0 aliphatic carbocycles. The van der Waals surface area contributed by atoms with Crippen molar-refractivity contribution >= 4 is 52.9 Å². The Morgan fingerprint density at radius 1 is 1.00 bits per heavy atom. The molecule has 1 heterocycles. The van der Waals surface area contributed by atoms with Crippen molar-refractivity contribution in [1.82, 2.24) is 0 Å². The topological polar surface area (TPSA) is 114 Å². The number of hydrogen-bond acceptors (Lipinski definition) is 9. The van der Waals surface area contributed by atoms with Crippen molar-refractivity contribution in [3.63, 3.8) is 0 Å². The molecule has 0 aromatic heterocycles. The summed E-state index contributed by atoms with van der Waals surface area (Å²) in [4.78, 5) is 35.0. The smallest absolute Gasteiger partial charge is 0.303 e. The number of halogens is 2. The third kappa shape index (κ3) is 7.04. The number of carbonyl (C=O) groups is 3. The zero-order chi connectivity index (χ0) is 21.7. The number of benzene rings is 1. The van der Waals surface area contributed by atoms with Gasteiger partial charge in [-0.2, -0.15) is 0 Å². The third-order valence-corrected chi connectivity index (χ3v) is 5.40. The van der Waals surface area contributed by atoms with Gasteiger partial charge in [0.25, 0.3) is 0 Å². The van der Waals surface area contributed by atoms with E-state index in [0.29, 0.717) is 14.9 Å². The average Bonchev–Trinajstić information content (AvgIpc) is 2.57. The van der Waals surface area contributed by atoms with E-state index in [0.717, 1.165) is 0 Å². The normalized spacial score (nSPS) is 26.5. The molecule has 1 fully saturated rings. The van der Waals surface area contributed by atoms with Gasteiger partial charge in [-0.15, -0.1) is 0 Å². The highest BCUT2D eigenvalue weighted by atomic mass is 35.5. The molecule has 2 N–H and O–H groups in total. The van der Waals surface area contributed by atoms with Crippen LogP contribution in [0.25, 0.3) is 0 Å². The molecular formula is C18H21Cl2NO7S. The van der Waals surface area contributed by atoms with Gasteiger partial charge in [0.15, 0.2) is 6.10 Å². The van der Waals surface area contributed by atoms with Crippen LogP contribution in [0.5, 0.6) is 0 Å².